The number of hydrogen-bond acceptors (Lipinski definition) is 6. The molecule has 9 heteroatoms. The van der Waals surface area contributed by atoms with Gasteiger partial charge in [-0.05, 0) is 12.5 Å². The molecular formula is C12H14N6O3. The van der Waals surface area contributed by atoms with Gasteiger partial charge in [0.05, 0.1) is 10.5 Å². The lowest BCUT2D eigenvalue weighted by molar-refractivity contribution is -0.385. The molecule has 0 spiro atoms. The van der Waals surface area contributed by atoms with E-state index in [2.05, 4.69) is 15.4 Å². The summed E-state index contributed by atoms with van der Waals surface area (Å²) in [5.41, 5.74) is 5.29. The molecule has 0 fully saturated rings. The molecule has 0 radical (unpaired) electrons. The van der Waals surface area contributed by atoms with Crippen molar-refractivity contribution in [3.05, 3.63) is 46.4 Å². The molecule has 0 aliphatic heterocycles. The maximum absolute atomic E-state index is 11.9. The molecule has 2 aromatic rings. The van der Waals surface area contributed by atoms with Crippen LogP contribution in [0.2, 0.25) is 0 Å². The predicted molar refractivity (Wildman–Crippen MR) is 74.5 cm³/mol. The highest BCUT2D eigenvalue weighted by atomic mass is 16.6. The first-order chi connectivity index (χ1) is 10.1. The third-order valence-corrected chi connectivity index (χ3v) is 2.77. The number of aryl methyl sites for hydroxylation is 1. The third kappa shape index (κ3) is 3.75. The van der Waals surface area contributed by atoms with Gasteiger partial charge in [-0.3, -0.25) is 19.6 Å². The van der Waals surface area contributed by atoms with E-state index in [4.69, 9.17) is 5.73 Å². The summed E-state index contributed by atoms with van der Waals surface area (Å²) in [6, 6.07) is 2.93. The van der Waals surface area contributed by atoms with Crippen LogP contribution in [0.15, 0.2) is 30.7 Å². The first-order valence-corrected chi connectivity index (χ1v) is 6.23. The minimum atomic E-state index is -0.624. The Hall–Kier alpha value is -2.97. The topological polar surface area (TPSA) is 129 Å². The van der Waals surface area contributed by atoms with E-state index in [1.807, 2.05) is 12.3 Å². The number of pyridine rings is 1. The van der Waals surface area contributed by atoms with E-state index in [-0.39, 0.29) is 17.1 Å². The Morgan fingerprint density at radius 2 is 2.33 bits per heavy atom. The maximum Gasteiger partial charge on any atom is 0.288 e. The standard InChI is InChI=1S/C12H14N6O3/c13-11-10(7-9(8-15-11)18(20)21)12(19)14-3-1-5-17-6-2-4-16-17/h2,4,6-8H,1,3,5H2,(H2,13,15)(H,14,19). The summed E-state index contributed by atoms with van der Waals surface area (Å²) < 4.78 is 1.75. The number of nitrogens with zero attached hydrogens (tertiary/aromatic N) is 4. The molecule has 3 N–H and O–H groups in total. The van der Waals surface area contributed by atoms with E-state index in [1.165, 1.54) is 0 Å². The first-order valence-electron chi connectivity index (χ1n) is 6.23. The fraction of sp³-hybridized carbons (Fsp3) is 0.250. The van der Waals surface area contributed by atoms with Crippen molar-refractivity contribution in [2.24, 2.45) is 0 Å². The number of nitrogens with two attached hydrogens (primary N) is 1. The molecule has 0 aliphatic rings. The predicted octanol–water partition coefficient (Wildman–Crippen LogP) is 0.589. The quantitative estimate of drug-likeness (QED) is 0.455. The molecule has 0 aliphatic carbocycles. The van der Waals surface area contributed by atoms with Crippen molar-refractivity contribution in [3.8, 4) is 0 Å². The summed E-state index contributed by atoms with van der Waals surface area (Å²) in [7, 11) is 0. The van der Waals surface area contributed by atoms with Gasteiger partial charge in [0.2, 0.25) is 0 Å². The molecule has 0 unspecified atom stereocenters. The van der Waals surface area contributed by atoms with Crippen LogP contribution >= 0.6 is 0 Å². The summed E-state index contributed by atoms with van der Waals surface area (Å²) >= 11 is 0. The largest absolute Gasteiger partial charge is 0.383 e. The van der Waals surface area contributed by atoms with E-state index < -0.39 is 10.8 Å². The molecule has 110 valence electrons. The van der Waals surface area contributed by atoms with Crippen molar-refractivity contribution < 1.29 is 9.72 Å². The van der Waals surface area contributed by atoms with E-state index in [0.29, 0.717) is 19.5 Å². The van der Waals surface area contributed by atoms with Crippen LogP contribution in [0.25, 0.3) is 0 Å². The number of nitro groups is 1. The van der Waals surface area contributed by atoms with Crippen LogP contribution < -0.4 is 11.1 Å². The van der Waals surface area contributed by atoms with Gasteiger partial charge in [-0.2, -0.15) is 5.10 Å². The molecule has 2 rings (SSSR count). The molecule has 0 bridgehead atoms. The van der Waals surface area contributed by atoms with Crippen molar-refractivity contribution in [3.63, 3.8) is 0 Å². The second-order valence-corrected chi connectivity index (χ2v) is 4.26. The van der Waals surface area contributed by atoms with Crippen LogP contribution in [0.4, 0.5) is 11.5 Å². The lowest BCUT2D eigenvalue weighted by Gasteiger charge is -2.07. The van der Waals surface area contributed by atoms with E-state index in [0.717, 1.165) is 12.3 Å². The highest BCUT2D eigenvalue weighted by molar-refractivity contribution is 5.98. The molecule has 0 saturated carbocycles. The van der Waals surface area contributed by atoms with Gasteiger partial charge in [0, 0.05) is 31.5 Å². The maximum atomic E-state index is 11.9. The van der Waals surface area contributed by atoms with E-state index in [1.54, 1.807) is 10.9 Å². The summed E-state index contributed by atoms with van der Waals surface area (Å²) in [6.45, 7) is 1.07. The SMILES string of the molecule is Nc1ncc([N+](=O)[O-])cc1C(=O)NCCCn1cccn1. The Kier molecular flexibility index (Phi) is 4.44. The van der Waals surface area contributed by atoms with Crippen LogP contribution in [-0.2, 0) is 6.54 Å². The van der Waals surface area contributed by atoms with Gasteiger partial charge in [0.1, 0.15) is 12.0 Å². The number of amides is 1. The fourth-order valence-corrected chi connectivity index (χ4v) is 1.72. The van der Waals surface area contributed by atoms with E-state index in [9.17, 15) is 14.9 Å². The molecule has 0 atom stereocenters. The minimum Gasteiger partial charge on any atom is -0.383 e. The van der Waals surface area contributed by atoms with Crippen LogP contribution in [0, 0.1) is 10.1 Å². The van der Waals surface area contributed by atoms with Crippen molar-refractivity contribution in [1.29, 1.82) is 0 Å². The second-order valence-electron chi connectivity index (χ2n) is 4.26. The van der Waals surface area contributed by atoms with Crippen LogP contribution in [-0.4, -0.2) is 32.1 Å². The summed E-state index contributed by atoms with van der Waals surface area (Å²) in [6.07, 6.45) is 5.19. The Morgan fingerprint density at radius 1 is 1.52 bits per heavy atom. The van der Waals surface area contributed by atoms with Gasteiger partial charge in [0.25, 0.3) is 11.6 Å². The number of hydrogen-bond donors (Lipinski definition) is 2. The zero-order valence-electron chi connectivity index (χ0n) is 11.1. The highest BCUT2D eigenvalue weighted by Crippen LogP contribution is 2.16. The number of carbonyl (C=O) groups is 1. The summed E-state index contributed by atoms with van der Waals surface area (Å²) in [5, 5.41) is 17.3. The Bertz CT molecular complexity index is 640. The summed E-state index contributed by atoms with van der Waals surface area (Å²) in [5.74, 6) is -0.519. The van der Waals surface area contributed by atoms with Crippen molar-refractivity contribution in [2.75, 3.05) is 12.3 Å². The van der Waals surface area contributed by atoms with Gasteiger partial charge in [-0.25, -0.2) is 4.98 Å². The number of nitrogens with one attached hydrogen (secondary N) is 1. The monoisotopic (exact) mass is 290 g/mol. The number of anilines is 1. The molecule has 0 saturated heterocycles. The number of aromatic nitrogens is 3. The molecule has 2 heterocycles. The lowest BCUT2D eigenvalue weighted by atomic mass is 10.2. The molecule has 2 aromatic heterocycles. The fourth-order valence-electron chi connectivity index (χ4n) is 1.72. The van der Waals surface area contributed by atoms with Crippen LogP contribution in [0.3, 0.4) is 0 Å². The zero-order valence-corrected chi connectivity index (χ0v) is 11.1. The normalized spacial score (nSPS) is 10.3. The molecule has 0 aromatic carbocycles. The molecular weight excluding hydrogens is 276 g/mol. The number of rotatable bonds is 6. The average Bonchev–Trinajstić information content (AvgIpc) is 2.96. The first kappa shape index (κ1) is 14.4. The van der Waals surface area contributed by atoms with Gasteiger partial charge in [0.15, 0.2) is 0 Å². The zero-order chi connectivity index (χ0) is 15.2. The summed E-state index contributed by atoms with van der Waals surface area (Å²) in [4.78, 5) is 25.6. The second kappa shape index (κ2) is 6.46. The average molecular weight is 290 g/mol. The van der Waals surface area contributed by atoms with Gasteiger partial charge < -0.3 is 11.1 Å². The van der Waals surface area contributed by atoms with Gasteiger partial charge in [-0.1, -0.05) is 0 Å². The van der Waals surface area contributed by atoms with Crippen molar-refractivity contribution in [2.45, 2.75) is 13.0 Å². The number of nitrogen functional groups attached to an aromatic ring is 1. The van der Waals surface area contributed by atoms with Crippen LogP contribution in [0.5, 0.6) is 0 Å². The van der Waals surface area contributed by atoms with Crippen molar-refractivity contribution >= 4 is 17.4 Å². The minimum absolute atomic E-state index is 0.00305. The number of carbonyl (C=O) groups excluding carboxylic acids is 1. The molecule has 9 nitrogen and oxygen atoms in total. The van der Waals surface area contributed by atoms with Gasteiger partial charge >= 0.3 is 0 Å². The molecule has 1 amide bonds. The van der Waals surface area contributed by atoms with Crippen LogP contribution in [0.1, 0.15) is 16.8 Å². The van der Waals surface area contributed by atoms with Crippen molar-refractivity contribution in [1.82, 2.24) is 20.1 Å². The lowest BCUT2D eigenvalue weighted by Crippen LogP contribution is -2.26. The Labute approximate surface area is 119 Å². The Morgan fingerprint density at radius 3 is 3.00 bits per heavy atom. The Balaban J connectivity index is 1.90. The molecule has 21 heavy (non-hydrogen) atoms. The van der Waals surface area contributed by atoms with Gasteiger partial charge in [-0.15, -0.1) is 0 Å². The van der Waals surface area contributed by atoms with E-state index >= 15 is 0 Å². The highest BCUT2D eigenvalue weighted by Gasteiger charge is 2.16. The smallest absolute Gasteiger partial charge is 0.288 e. The third-order valence-electron chi connectivity index (χ3n) is 2.77.